The van der Waals surface area contributed by atoms with Crippen LogP contribution in [-0.2, 0) is 9.59 Å². The van der Waals surface area contributed by atoms with Crippen LogP contribution in [0.15, 0.2) is 54.6 Å². The second kappa shape index (κ2) is 9.53. The smallest absolute Gasteiger partial charge is 0.275 e. The van der Waals surface area contributed by atoms with Crippen LogP contribution in [0.3, 0.4) is 0 Å². The Bertz CT molecular complexity index is 1210. The van der Waals surface area contributed by atoms with Crippen molar-refractivity contribution in [2.24, 2.45) is 17.8 Å². The van der Waals surface area contributed by atoms with Gasteiger partial charge in [-0.05, 0) is 61.7 Å². The minimum absolute atomic E-state index is 0.0171. The molecule has 0 aromatic heterocycles. The SMILES string of the molecule is C[C@@H]1C=CC[C@@H]2C(=O)N(N(C(=O)c3ccc(Cl)cc3Cl)[C@@H](C)C(=O)c3ccc(Cl)cc3)C(=O)[C@H]12. The molecule has 0 unspecified atom stereocenters. The van der Waals surface area contributed by atoms with E-state index in [4.69, 9.17) is 34.8 Å². The van der Waals surface area contributed by atoms with Crippen molar-refractivity contribution in [2.45, 2.75) is 26.3 Å². The molecule has 1 fully saturated rings. The fourth-order valence-corrected chi connectivity index (χ4v) is 5.15. The van der Waals surface area contributed by atoms with E-state index >= 15 is 0 Å². The van der Waals surface area contributed by atoms with Gasteiger partial charge in [0.05, 0.1) is 22.4 Å². The molecule has 176 valence electrons. The van der Waals surface area contributed by atoms with Gasteiger partial charge in [0.1, 0.15) is 6.04 Å². The van der Waals surface area contributed by atoms with Gasteiger partial charge in [-0.1, -0.05) is 53.9 Å². The van der Waals surface area contributed by atoms with Crippen molar-refractivity contribution in [1.29, 1.82) is 0 Å². The Kier molecular flexibility index (Phi) is 6.85. The largest absolute Gasteiger partial charge is 0.292 e. The molecule has 9 heteroatoms. The van der Waals surface area contributed by atoms with E-state index in [1.54, 1.807) is 12.1 Å². The molecule has 1 heterocycles. The summed E-state index contributed by atoms with van der Waals surface area (Å²) < 4.78 is 0. The maximum absolute atomic E-state index is 13.7. The summed E-state index contributed by atoms with van der Waals surface area (Å²) in [7, 11) is 0. The lowest BCUT2D eigenvalue weighted by Crippen LogP contribution is -2.56. The topological polar surface area (TPSA) is 74.8 Å². The first kappa shape index (κ1) is 24.5. The fourth-order valence-electron chi connectivity index (χ4n) is 4.54. The molecule has 2 aliphatic rings. The molecule has 1 aliphatic heterocycles. The van der Waals surface area contributed by atoms with Gasteiger partial charge < -0.3 is 0 Å². The Labute approximate surface area is 212 Å². The summed E-state index contributed by atoms with van der Waals surface area (Å²) in [5, 5.41) is 2.57. The number of benzene rings is 2. The molecular weight excluding hydrogens is 499 g/mol. The van der Waals surface area contributed by atoms with Gasteiger partial charge in [0.15, 0.2) is 5.78 Å². The highest BCUT2D eigenvalue weighted by molar-refractivity contribution is 6.37. The first-order valence-corrected chi connectivity index (χ1v) is 11.9. The van der Waals surface area contributed by atoms with Gasteiger partial charge in [0, 0.05) is 15.6 Å². The number of carbonyl (C=O) groups is 4. The number of imide groups is 1. The van der Waals surface area contributed by atoms with E-state index in [2.05, 4.69) is 0 Å². The fraction of sp³-hybridized carbons (Fsp3) is 0.280. The first-order valence-electron chi connectivity index (χ1n) is 10.7. The predicted molar refractivity (Wildman–Crippen MR) is 130 cm³/mol. The number of nitrogens with zero attached hydrogens (tertiary/aromatic N) is 2. The van der Waals surface area contributed by atoms with Crippen molar-refractivity contribution in [3.63, 3.8) is 0 Å². The molecule has 2 aromatic carbocycles. The standard InChI is InChI=1S/C25H21Cl3N2O4/c1-13-4-3-5-19-21(13)25(34)30(24(19)33)29(23(32)18-11-10-17(27)12-20(18)28)14(2)22(31)15-6-8-16(26)9-7-15/h3-4,6-14,19,21H,5H2,1-2H3/t13-,14+,19+,21-/m1/s1. The zero-order valence-corrected chi connectivity index (χ0v) is 20.6. The summed E-state index contributed by atoms with van der Waals surface area (Å²) >= 11 is 18.2. The predicted octanol–water partition coefficient (Wildman–Crippen LogP) is 5.47. The van der Waals surface area contributed by atoms with E-state index in [0.717, 1.165) is 10.0 Å². The monoisotopic (exact) mass is 518 g/mol. The molecule has 0 bridgehead atoms. The summed E-state index contributed by atoms with van der Waals surface area (Å²) in [5.41, 5.74) is 0.298. The lowest BCUT2D eigenvalue weighted by Gasteiger charge is -2.35. The number of rotatable bonds is 5. The lowest BCUT2D eigenvalue weighted by molar-refractivity contribution is -0.156. The average molecular weight is 520 g/mol. The third-order valence-corrected chi connectivity index (χ3v) is 7.11. The summed E-state index contributed by atoms with van der Waals surface area (Å²) in [6, 6.07) is 9.24. The molecule has 0 radical (unpaired) electrons. The van der Waals surface area contributed by atoms with E-state index in [1.807, 2.05) is 19.1 Å². The number of hydrogen-bond donors (Lipinski definition) is 0. The summed E-state index contributed by atoms with van der Waals surface area (Å²) in [6.45, 7) is 3.33. The second-order valence-corrected chi connectivity index (χ2v) is 9.74. The highest BCUT2D eigenvalue weighted by Gasteiger charge is 2.54. The van der Waals surface area contributed by atoms with E-state index in [9.17, 15) is 19.2 Å². The molecule has 34 heavy (non-hydrogen) atoms. The van der Waals surface area contributed by atoms with Crippen LogP contribution in [0.5, 0.6) is 0 Å². The Balaban J connectivity index is 1.79. The highest BCUT2D eigenvalue weighted by Crippen LogP contribution is 2.40. The molecule has 0 saturated carbocycles. The van der Waals surface area contributed by atoms with Gasteiger partial charge in [-0.3, -0.25) is 19.2 Å². The van der Waals surface area contributed by atoms with Crippen LogP contribution in [0.25, 0.3) is 0 Å². The number of ketones is 1. The van der Waals surface area contributed by atoms with Gasteiger partial charge >= 0.3 is 0 Å². The maximum atomic E-state index is 13.7. The summed E-state index contributed by atoms with van der Waals surface area (Å²) in [4.78, 5) is 54.0. The first-order chi connectivity index (χ1) is 16.1. The lowest BCUT2D eigenvalue weighted by atomic mass is 9.78. The van der Waals surface area contributed by atoms with E-state index in [0.29, 0.717) is 16.5 Å². The zero-order chi connectivity index (χ0) is 24.7. The number of carbonyl (C=O) groups excluding carboxylic acids is 4. The molecule has 4 atom stereocenters. The summed E-state index contributed by atoms with van der Waals surface area (Å²) in [5.74, 6) is -3.62. The summed E-state index contributed by atoms with van der Waals surface area (Å²) in [6.07, 6.45) is 4.14. The van der Waals surface area contributed by atoms with E-state index in [1.165, 1.54) is 37.3 Å². The van der Waals surface area contributed by atoms with Crippen molar-refractivity contribution in [3.8, 4) is 0 Å². The Morgan fingerprint density at radius 3 is 2.26 bits per heavy atom. The van der Waals surface area contributed by atoms with Crippen molar-refractivity contribution in [1.82, 2.24) is 10.0 Å². The van der Waals surface area contributed by atoms with Crippen LogP contribution >= 0.6 is 34.8 Å². The Hall–Kier alpha value is -2.67. The molecule has 0 spiro atoms. The van der Waals surface area contributed by atoms with E-state index < -0.39 is 41.4 Å². The van der Waals surface area contributed by atoms with E-state index in [-0.39, 0.29) is 22.1 Å². The molecule has 6 nitrogen and oxygen atoms in total. The van der Waals surface area contributed by atoms with Crippen LogP contribution in [0.1, 0.15) is 41.0 Å². The van der Waals surface area contributed by atoms with Crippen molar-refractivity contribution in [2.75, 3.05) is 0 Å². The highest BCUT2D eigenvalue weighted by atomic mass is 35.5. The quantitative estimate of drug-likeness (QED) is 0.298. The molecule has 3 amide bonds. The maximum Gasteiger partial charge on any atom is 0.275 e. The number of Topliss-reactive ketones (excluding diaryl/α,β-unsaturated/α-hetero) is 1. The number of fused-ring (bicyclic) bond motifs is 1. The minimum Gasteiger partial charge on any atom is -0.292 e. The van der Waals surface area contributed by atoms with Crippen LogP contribution in [0.2, 0.25) is 15.1 Å². The van der Waals surface area contributed by atoms with Crippen LogP contribution < -0.4 is 0 Å². The molecule has 0 N–H and O–H groups in total. The number of allylic oxidation sites excluding steroid dienone is 2. The number of amides is 3. The number of halogens is 3. The van der Waals surface area contributed by atoms with Crippen LogP contribution in [0.4, 0.5) is 0 Å². The number of hydrogen-bond acceptors (Lipinski definition) is 4. The van der Waals surface area contributed by atoms with Gasteiger partial charge in [-0.15, -0.1) is 0 Å². The molecule has 2 aromatic rings. The van der Waals surface area contributed by atoms with Crippen LogP contribution in [-0.4, -0.2) is 39.6 Å². The normalized spacial score (nSPS) is 22.5. The number of hydrazine groups is 1. The third kappa shape index (κ3) is 4.26. The molecule has 1 aliphatic carbocycles. The molecule has 4 rings (SSSR count). The molecular formula is C25H21Cl3N2O4. The average Bonchev–Trinajstić information content (AvgIpc) is 3.05. The van der Waals surface area contributed by atoms with Gasteiger partial charge in [0.2, 0.25) is 0 Å². The Morgan fingerprint density at radius 1 is 1.00 bits per heavy atom. The van der Waals surface area contributed by atoms with Crippen molar-refractivity contribution in [3.05, 3.63) is 80.8 Å². The van der Waals surface area contributed by atoms with Gasteiger partial charge in [0.25, 0.3) is 17.7 Å². The van der Waals surface area contributed by atoms with Crippen molar-refractivity contribution >= 4 is 58.3 Å². The molecule has 1 saturated heterocycles. The van der Waals surface area contributed by atoms with Crippen molar-refractivity contribution < 1.29 is 19.2 Å². The Morgan fingerprint density at radius 2 is 1.65 bits per heavy atom. The van der Waals surface area contributed by atoms with Gasteiger partial charge in [-0.25, -0.2) is 5.01 Å². The third-order valence-electron chi connectivity index (χ3n) is 6.31. The van der Waals surface area contributed by atoms with Crippen LogP contribution in [0, 0.1) is 17.8 Å². The minimum atomic E-state index is -1.18. The zero-order valence-electron chi connectivity index (χ0n) is 18.4. The second-order valence-electron chi connectivity index (χ2n) is 8.46. The van der Waals surface area contributed by atoms with Gasteiger partial charge in [-0.2, -0.15) is 5.01 Å².